The van der Waals surface area contributed by atoms with Gasteiger partial charge in [-0.1, -0.05) is 80.9 Å². The van der Waals surface area contributed by atoms with Crippen LogP contribution < -0.4 is 5.32 Å². The second kappa shape index (κ2) is 8.85. The zero-order chi connectivity index (χ0) is 19.2. The van der Waals surface area contributed by atoms with Crippen molar-refractivity contribution in [1.82, 2.24) is 5.32 Å². The Balaban J connectivity index is 1.93. The Morgan fingerprint density at radius 2 is 1.67 bits per heavy atom. The monoisotopic (exact) mass is 364 g/mol. The number of benzene rings is 2. The summed E-state index contributed by atoms with van der Waals surface area (Å²) in [7, 11) is 0. The largest absolute Gasteiger partial charge is 0.477 e. The van der Waals surface area contributed by atoms with Gasteiger partial charge in [-0.2, -0.15) is 0 Å². The van der Waals surface area contributed by atoms with Crippen LogP contribution in [0.2, 0.25) is 0 Å². The van der Waals surface area contributed by atoms with Crippen LogP contribution in [-0.2, 0) is 9.53 Å². The van der Waals surface area contributed by atoms with Gasteiger partial charge in [-0.05, 0) is 17.0 Å². The van der Waals surface area contributed by atoms with Crippen molar-refractivity contribution in [2.45, 2.75) is 45.2 Å². The van der Waals surface area contributed by atoms with Crippen LogP contribution in [0.1, 0.15) is 44.2 Å². The van der Waals surface area contributed by atoms with Crippen molar-refractivity contribution in [1.29, 1.82) is 0 Å². The van der Waals surface area contributed by atoms with Crippen LogP contribution >= 0.6 is 0 Å². The molecule has 1 aliphatic heterocycles. The van der Waals surface area contributed by atoms with E-state index in [1.165, 1.54) is 11.1 Å². The van der Waals surface area contributed by atoms with Gasteiger partial charge < -0.3 is 10.1 Å². The molecule has 0 aromatic heterocycles. The molecule has 1 heterocycles. The number of hydrogen-bond donors (Lipinski definition) is 1. The molecule has 1 N–H and O–H groups in total. The first kappa shape index (κ1) is 19.2. The topological polar surface area (TPSA) is 50.7 Å². The van der Waals surface area contributed by atoms with Gasteiger partial charge in [-0.15, -0.1) is 0 Å². The highest BCUT2D eigenvalue weighted by molar-refractivity contribution is 5.88. The minimum absolute atomic E-state index is 0.00915. The zero-order valence-corrected chi connectivity index (χ0v) is 16.3. The summed E-state index contributed by atoms with van der Waals surface area (Å²) in [6.07, 6.45) is 0.943. The van der Waals surface area contributed by atoms with Crippen molar-refractivity contribution in [2.24, 2.45) is 10.9 Å². The molecule has 0 aliphatic carbocycles. The van der Waals surface area contributed by atoms with E-state index in [2.05, 4.69) is 67.7 Å². The lowest BCUT2D eigenvalue weighted by Gasteiger charge is -2.22. The molecule has 0 bridgehead atoms. The van der Waals surface area contributed by atoms with Gasteiger partial charge >= 0.3 is 0 Å². The molecule has 4 nitrogen and oxygen atoms in total. The van der Waals surface area contributed by atoms with E-state index in [9.17, 15) is 4.79 Å². The molecule has 142 valence electrons. The molecule has 0 spiro atoms. The summed E-state index contributed by atoms with van der Waals surface area (Å²) in [6.45, 7) is 6.30. The number of amides is 1. The van der Waals surface area contributed by atoms with Gasteiger partial charge in [0.15, 0.2) is 0 Å². The molecular weight excluding hydrogens is 336 g/mol. The van der Waals surface area contributed by atoms with E-state index >= 15 is 0 Å². The zero-order valence-electron chi connectivity index (χ0n) is 16.3. The Morgan fingerprint density at radius 3 is 2.15 bits per heavy atom. The number of nitrogens with zero attached hydrogens (tertiary/aromatic N) is 1. The molecule has 4 heteroatoms. The average molecular weight is 364 g/mol. The van der Waals surface area contributed by atoms with Gasteiger partial charge in [0.1, 0.15) is 12.6 Å². The number of aliphatic imine (C=N–C) groups is 1. The smallest absolute Gasteiger partial charge is 0.217 e. The third-order valence-electron chi connectivity index (χ3n) is 5.23. The fourth-order valence-corrected chi connectivity index (χ4v) is 3.61. The minimum atomic E-state index is -0.176. The fraction of sp³-hybridized carbons (Fsp3) is 0.391. The number of rotatable bonds is 7. The van der Waals surface area contributed by atoms with E-state index in [-0.39, 0.29) is 29.8 Å². The second-order valence-corrected chi connectivity index (χ2v) is 7.21. The van der Waals surface area contributed by atoms with Gasteiger partial charge in [0, 0.05) is 12.8 Å². The van der Waals surface area contributed by atoms with E-state index in [4.69, 9.17) is 9.73 Å². The van der Waals surface area contributed by atoms with E-state index in [0.717, 1.165) is 6.42 Å². The number of carbonyl (C=O) groups is 1. The summed E-state index contributed by atoms with van der Waals surface area (Å²) in [4.78, 5) is 16.6. The van der Waals surface area contributed by atoms with Crippen molar-refractivity contribution in [3.05, 3.63) is 71.8 Å². The molecule has 0 saturated heterocycles. The average Bonchev–Trinajstić information content (AvgIpc) is 3.16. The second-order valence-electron chi connectivity index (χ2n) is 7.21. The summed E-state index contributed by atoms with van der Waals surface area (Å²) in [5.41, 5.74) is 2.45. The Morgan fingerprint density at radius 1 is 1.11 bits per heavy atom. The normalized spacial score (nSPS) is 18.5. The Labute approximate surface area is 161 Å². The molecule has 1 amide bonds. The molecule has 2 unspecified atom stereocenters. The Bertz CT molecular complexity index is 734. The van der Waals surface area contributed by atoms with E-state index in [1.807, 2.05) is 12.1 Å². The Kier molecular flexibility index (Phi) is 6.28. The highest BCUT2D eigenvalue weighted by Gasteiger charge is 2.34. The predicted octanol–water partition coefficient (Wildman–Crippen LogP) is 4.17. The molecule has 27 heavy (non-hydrogen) atoms. The predicted molar refractivity (Wildman–Crippen MR) is 109 cm³/mol. The van der Waals surface area contributed by atoms with Gasteiger partial charge in [0.05, 0.1) is 6.04 Å². The SMILES string of the molecule is CCC(C)C(NC(C)=O)C1=N[C@@H](C(c2ccccc2)c2ccccc2)CO1. The fourth-order valence-electron chi connectivity index (χ4n) is 3.61. The standard InChI is InChI=1S/C23H28N2O2/c1-4-16(2)22(24-17(3)26)23-25-20(15-27-23)21(18-11-7-5-8-12-18)19-13-9-6-10-14-19/h5-14,16,20-22H,4,15H2,1-3H3,(H,24,26)/t16?,20-,22?/m1/s1. The number of ether oxygens (including phenoxy) is 1. The third-order valence-corrected chi connectivity index (χ3v) is 5.23. The van der Waals surface area contributed by atoms with Gasteiger partial charge in [0.25, 0.3) is 0 Å². The maximum Gasteiger partial charge on any atom is 0.217 e. The van der Waals surface area contributed by atoms with Gasteiger partial charge in [-0.25, -0.2) is 4.99 Å². The molecule has 0 radical (unpaired) electrons. The van der Waals surface area contributed by atoms with Crippen LogP contribution in [0.25, 0.3) is 0 Å². The van der Waals surface area contributed by atoms with Crippen molar-refractivity contribution < 1.29 is 9.53 Å². The van der Waals surface area contributed by atoms with Gasteiger partial charge in [-0.3, -0.25) is 4.79 Å². The summed E-state index contributed by atoms with van der Waals surface area (Å²) in [5.74, 6) is 0.984. The van der Waals surface area contributed by atoms with Crippen LogP contribution in [0.15, 0.2) is 65.7 Å². The molecule has 0 saturated carbocycles. The maximum atomic E-state index is 11.7. The highest BCUT2D eigenvalue weighted by atomic mass is 16.5. The van der Waals surface area contributed by atoms with Gasteiger partial charge in [0.2, 0.25) is 11.8 Å². The first-order valence-electron chi connectivity index (χ1n) is 9.67. The molecule has 1 aliphatic rings. The van der Waals surface area contributed by atoms with Crippen LogP contribution in [0.4, 0.5) is 0 Å². The lowest BCUT2D eigenvalue weighted by molar-refractivity contribution is -0.119. The number of hydrogen-bond acceptors (Lipinski definition) is 3. The lowest BCUT2D eigenvalue weighted by atomic mass is 9.86. The van der Waals surface area contributed by atoms with Crippen LogP contribution in [0, 0.1) is 5.92 Å². The summed E-state index contributed by atoms with van der Waals surface area (Å²) in [6, 6.07) is 20.7. The van der Waals surface area contributed by atoms with Crippen molar-refractivity contribution >= 4 is 11.8 Å². The van der Waals surface area contributed by atoms with Crippen molar-refractivity contribution in [2.75, 3.05) is 6.61 Å². The van der Waals surface area contributed by atoms with Crippen LogP contribution in [0.5, 0.6) is 0 Å². The number of nitrogens with one attached hydrogen (secondary N) is 1. The third kappa shape index (κ3) is 4.57. The van der Waals surface area contributed by atoms with Crippen LogP contribution in [0.3, 0.4) is 0 Å². The lowest BCUT2D eigenvalue weighted by Crippen LogP contribution is -2.44. The Hall–Kier alpha value is -2.62. The summed E-state index contributed by atoms with van der Waals surface area (Å²) >= 11 is 0. The van der Waals surface area contributed by atoms with Crippen molar-refractivity contribution in [3.63, 3.8) is 0 Å². The summed E-state index contributed by atoms with van der Waals surface area (Å²) < 4.78 is 6.01. The molecular formula is C23H28N2O2. The maximum absolute atomic E-state index is 11.7. The van der Waals surface area contributed by atoms with Crippen LogP contribution in [-0.4, -0.2) is 30.5 Å². The molecule has 2 aromatic rings. The highest BCUT2D eigenvalue weighted by Crippen LogP contribution is 2.32. The van der Waals surface area contributed by atoms with Crippen molar-refractivity contribution in [3.8, 4) is 0 Å². The molecule has 0 fully saturated rings. The molecule has 2 aromatic carbocycles. The van der Waals surface area contributed by atoms with E-state index < -0.39 is 0 Å². The summed E-state index contributed by atoms with van der Waals surface area (Å²) in [5, 5.41) is 3.02. The molecule has 3 atom stereocenters. The van der Waals surface area contributed by atoms with E-state index in [1.54, 1.807) is 6.92 Å². The quantitative estimate of drug-likeness (QED) is 0.802. The molecule has 3 rings (SSSR count). The van der Waals surface area contributed by atoms with E-state index in [0.29, 0.717) is 12.5 Å². The first-order valence-corrected chi connectivity index (χ1v) is 9.67. The number of carbonyl (C=O) groups excluding carboxylic acids is 1. The minimum Gasteiger partial charge on any atom is -0.477 e. The first-order chi connectivity index (χ1) is 13.1.